The van der Waals surface area contributed by atoms with Gasteiger partial charge in [0.2, 0.25) is 0 Å². The summed E-state index contributed by atoms with van der Waals surface area (Å²) in [4.78, 5) is 60.0. The van der Waals surface area contributed by atoms with Crippen LogP contribution in [-0.2, 0) is 28.3 Å². The molecule has 0 saturated carbocycles. The number of ether oxygens (including phenoxy) is 4. The van der Waals surface area contributed by atoms with Crippen LogP contribution in [0.15, 0.2) is 41.1 Å². The molecule has 52 heavy (non-hydrogen) atoms. The van der Waals surface area contributed by atoms with Crippen molar-refractivity contribution in [2.75, 3.05) is 9.80 Å². The average molecular weight is 794 g/mol. The molecule has 0 aliphatic carbocycles. The first-order valence-electron chi connectivity index (χ1n) is 16.8. The molecule has 3 heterocycles. The summed E-state index contributed by atoms with van der Waals surface area (Å²) in [5.74, 6) is 0.213. The maximum atomic E-state index is 12.7. The van der Waals surface area contributed by atoms with Gasteiger partial charge in [0.25, 0.3) is 0 Å². The van der Waals surface area contributed by atoms with Crippen molar-refractivity contribution in [3.8, 4) is 0 Å². The Hall–Kier alpha value is -3.76. The fraction of sp³-hybridized carbons (Fsp3) is 0.611. The fourth-order valence-electron chi connectivity index (χ4n) is 3.90. The Bertz CT molecular complexity index is 1500. The number of hydrogen-bond donors (Lipinski definition) is 0. The number of nitrogens with zero attached hydrogens (tertiary/aromatic N) is 4. The summed E-state index contributed by atoms with van der Waals surface area (Å²) >= 11 is 3.25. The molecule has 2 aromatic rings. The molecule has 0 radical (unpaired) electrons. The number of carbonyl (C=O) groups is 4. The minimum absolute atomic E-state index is 0.0822. The van der Waals surface area contributed by atoms with Gasteiger partial charge in [-0.3, -0.25) is 0 Å². The van der Waals surface area contributed by atoms with Crippen LogP contribution in [0, 0.1) is 0 Å². The van der Waals surface area contributed by atoms with E-state index in [0.29, 0.717) is 5.46 Å². The Morgan fingerprint density at radius 3 is 1.13 bits per heavy atom. The number of anilines is 2. The van der Waals surface area contributed by atoms with E-state index in [2.05, 4.69) is 25.9 Å². The monoisotopic (exact) mass is 792 g/mol. The van der Waals surface area contributed by atoms with Crippen LogP contribution in [0.2, 0.25) is 0 Å². The third-order valence-electron chi connectivity index (χ3n) is 6.77. The summed E-state index contributed by atoms with van der Waals surface area (Å²) in [6, 6.07) is 6.43. The number of amides is 4. The van der Waals surface area contributed by atoms with Crippen LogP contribution in [0.25, 0.3) is 0 Å². The SMILES string of the molecule is CC(C)(C)OC(=O)N(C(=O)OC(C)(C)C)c1ccc(B2OC(C)(C)C(C)(C)O2)cn1.CC(C)(C)OC(=O)N(C(=O)OC(C)(C)C)c1ccc(Br)cn1. The van der Waals surface area contributed by atoms with E-state index < -0.39 is 65.1 Å². The molecular weight excluding hydrogens is 739 g/mol. The lowest BCUT2D eigenvalue weighted by molar-refractivity contribution is 0.00578. The Morgan fingerprint density at radius 2 is 0.885 bits per heavy atom. The number of rotatable bonds is 3. The molecule has 0 atom stereocenters. The molecule has 3 rings (SSSR count). The lowest BCUT2D eigenvalue weighted by atomic mass is 9.80. The zero-order valence-corrected chi connectivity index (χ0v) is 34.9. The molecule has 1 saturated heterocycles. The third-order valence-corrected chi connectivity index (χ3v) is 7.24. The number of pyridine rings is 2. The molecule has 4 amide bonds. The molecule has 0 spiro atoms. The van der Waals surface area contributed by atoms with E-state index in [0.717, 1.165) is 14.3 Å². The molecule has 0 aromatic carbocycles. The van der Waals surface area contributed by atoms with Crippen molar-refractivity contribution in [2.24, 2.45) is 0 Å². The second kappa shape index (κ2) is 16.1. The van der Waals surface area contributed by atoms with Gasteiger partial charge in [-0.25, -0.2) is 29.1 Å². The topological polar surface area (TPSA) is 156 Å². The van der Waals surface area contributed by atoms with Crippen LogP contribution >= 0.6 is 15.9 Å². The molecular formula is C36H54BBrN4O10. The van der Waals surface area contributed by atoms with Gasteiger partial charge in [0.1, 0.15) is 34.0 Å². The zero-order chi connectivity index (χ0) is 40.3. The Morgan fingerprint density at radius 1 is 0.577 bits per heavy atom. The average Bonchev–Trinajstić information content (AvgIpc) is 3.13. The number of imide groups is 2. The van der Waals surface area contributed by atoms with Crippen LogP contribution in [0.1, 0.15) is 111 Å². The predicted octanol–water partition coefficient (Wildman–Crippen LogP) is 8.58. The third kappa shape index (κ3) is 13.7. The Kier molecular flexibility index (Phi) is 13.7. The Labute approximate surface area is 316 Å². The van der Waals surface area contributed by atoms with Crippen LogP contribution in [0.5, 0.6) is 0 Å². The van der Waals surface area contributed by atoms with E-state index in [1.807, 2.05) is 27.7 Å². The largest absolute Gasteiger partial charge is 0.496 e. The quantitative estimate of drug-likeness (QED) is 0.216. The highest BCUT2D eigenvalue weighted by molar-refractivity contribution is 9.10. The van der Waals surface area contributed by atoms with E-state index >= 15 is 0 Å². The van der Waals surface area contributed by atoms with Gasteiger partial charge in [0.05, 0.1) is 11.2 Å². The van der Waals surface area contributed by atoms with E-state index in [9.17, 15) is 19.2 Å². The van der Waals surface area contributed by atoms with E-state index in [1.165, 1.54) is 24.5 Å². The summed E-state index contributed by atoms with van der Waals surface area (Å²) < 4.78 is 34.0. The van der Waals surface area contributed by atoms with Gasteiger partial charge in [0.15, 0.2) is 0 Å². The lowest BCUT2D eigenvalue weighted by Crippen LogP contribution is -2.44. The molecule has 1 fully saturated rings. The van der Waals surface area contributed by atoms with Crippen molar-refractivity contribution in [1.29, 1.82) is 0 Å². The molecule has 0 N–H and O–H groups in total. The summed E-state index contributed by atoms with van der Waals surface area (Å²) in [5, 5.41) is 0. The smallest absolute Gasteiger partial charge is 0.443 e. The van der Waals surface area contributed by atoms with Crippen molar-refractivity contribution in [2.45, 2.75) is 144 Å². The van der Waals surface area contributed by atoms with E-state index in [-0.39, 0.29) is 11.6 Å². The molecule has 1 aliphatic heterocycles. The first-order valence-corrected chi connectivity index (χ1v) is 17.6. The number of carbonyl (C=O) groups excluding carboxylic acids is 4. The van der Waals surface area contributed by atoms with Crippen molar-refractivity contribution in [3.63, 3.8) is 0 Å². The summed E-state index contributed by atoms with van der Waals surface area (Å²) in [6.07, 6.45) is -0.413. The summed E-state index contributed by atoms with van der Waals surface area (Å²) in [5.41, 5.74) is -3.38. The molecule has 14 nitrogen and oxygen atoms in total. The normalized spacial score (nSPS) is 15.4. The molecule has 0 unspecified atom stereocenters. The minimum Gasteiger partial charge on any atom is -0.443 e. The summed E-state index contributed by atoms with van der Waals surface area (Å²) in [6.45, 7) is 28.4. The van der Waals surface area contributed by atoms with Crippen molar-refractivity contribution >= 4 is 64.5 Å². The Balaban J connectivity index is 0.000000378. The van der Waals surface area contributed by atoms with Crippen molar-refractivity contribution in [1.82, 2.24) is 9.97 Å². The van der Waals surface area contributed by atoms with Crippen LogP contribution < -0.4 is 15.3 Å². The molecule has 16 heteroatoms. The molecule has 2 aromatic heterocycles. The minimum atomic E-state index is -0.868. The number of aromatic nitrogens is 2. The molecule has 0 bridgehead atoms. The first kappa shape index (κ1) is 44.4. The second-order valence-electron chi connectivity index (χ2n) is 17.0. The molecule has 288 valence electrons. The number of halogens is 1. The highest BCUT2D eigenvalue weighted by atomic mass is 79.9. The van der Waals surface area contributed by atoms with Crippen LogP contribution in [0.4, 0.5) is 30.8 Å². The van der Waals surface area contributed by atoms with Crippen LogP contribution in [0.3, 0.4) is 0 Å². The fourth-order valence-corrected chi connectivity index (χ4v) is 4.14. The maximum Gasteiger partial charge on any atom is 0.496 e. The standard InChI is InChI=1S/C21H33BN2O6.C15H21BrN2O4/c1-18(2,3)27-16(25)24(17(26)28-19(4,5)6)15-12-11-14(13-23-15)22-29-20(7,8)21(9,10)30-22;1-14(2,3)21-12(19)18(13(20)22-15(4,5)6)11-8-7-10(16)9-17-11/h11-13H,1-10H3;7-9H,1-6H3. The highest BCUT2D eigenvalue weighted by Gasteiger charge is 2.52. The van der Waals surface area contributed by atoms with Gasteiger partial charge < -0.3 is 28.3 Å². The maximum absolute atomic E-state index is 12.7. The van der Waals surface area contributed by atoms with Crippen molar-refractivity contribution < 1.29 is 47.4 Å². The second-order valence-corrected chi connectivity index (χ2v) is 17.9. The van der Waals surface area contributed by atoms with Gasteiger partial charge >= 0.3 is 31.5 Å². The van der Waals surface area contributed by atoms with Gasteiger partial charge in [0, 0.05) is 22.3 Å². The van der Waals surface area contributed by atoms with Gasteiger partial charge in [-0.05, 0) is 145 Å². The summed E-state index contributed by atoms with van der Waals surface area (Å²) in [7, 11) is -0.604. The van der Waals surface area contributed by atoms with E-state index in [1.54, 1.807) is 95.2 Å². The van der Waals surface area contributed by atoms with Gasteiger partial charge in [-0.1, -0.05) is 6.07 Å². The highest BCUT2D eigenvalue weighted by Crippen LogP contribution is 2.36. The van der Waals surface area contributed by atoms with E-state index in [4.69, 9.17) is 28.3 Å². The molecule has 1 aliphatic rings. The van der Waals surface area contributed by atoms with Gasteiger partial charge in [-0.2, -0.15) is 9.80 Å². The predicted molar refractivity (Wildman–Crippen MR) is 202 cm³/mol. The van der Waals surface area contributed by atoms with Crippen LogP contribution in [-0.4, -0.2) is 75.1 Å². The zero-order valence-electron chi connectivity index (χ0n) is 33.3. The van der Waals surface area contributed by atoms with Gasteiger partial charge in [-0.15, -0.1) is 0 Å². The number of hydrogen-bond acceptors (Lipinski definition) is 12. The first-order chi connectivity index (χ1) is 23.3. The van der Waals surface area contributed by atoms with Crippen molar-refractivity contribution in [3.05, 3.63) is 41.1 Å². The lowest BCUT2D eigenvalue weighted by Gasteiger charge is -2.32.